The molecule has 0 saturated heterocycles. The minimum atomic E-state index is -1.05. The number of aliphatic carboxylic acids is 1. The molecule has 2 aromatic rings. The Morgan fingerprint density at radius 2 is 1.90 bits per heavy atom. The van der Waals surface area contributed by atoms with Gasteiger partial charge in [-0.05, 0) is 52.3 Å². The van der Waals surface area contributed by atoms with Crippen molar-refractivity contribution in [1.82, 2.24) is 0 Å². The van der Waals surface area contributed by atoms with Gasteiger partial charge in [0, 0.05) is 16.1 Å². The molecule has 0 heterocycles. The maximum absolute atomic E-state index is 13.1. The molecule has 1 N–H and O–H groups in total. The van der Waals surface area contributed by atoms with E-state index in [9.17, 15) is 9.18 Å². The number of halogens is 3. The van der Waals surface area contributed by atoms with E-state index in [0.717, 1.165) is 10.5 Å². The number of carbonyl (C=O) groups is 1. The molecule has 0 atom stereocenters. The van der Waals surface area contributed by atoms with E-state index < -0.39 is 5.97 Å². The molecular weight excluding hydrogens is 407 g/mol. The zero-order chi connectivity index (χ0) is 15.4. The van der Waals surface area contributed by atoms with Crippen molar-refractivity contribution < 1.29 is 19.0 Å². The van der Waals surface area contributed by atoms with Crippen molar-refractivity contribution in [2.45, 2.75) is 0 Å². The van der Waals surface area contributed by atoms with E-state index in [-0.39, 0.29) is 5.82 Å². The van der Waals surface area contributed by atoms with Gasteiger partial charge in [-0.1, -0.05) is 22.0 Å². The van der Waals surface area contributed by atoms with Crippen LogP contribution in [0, 0.1) is 5.82 Å². The van der Waals surface area contributed by atoms with Crippen LogP contribution in [-0.2, 0) is 4.79 Å². The van der Waals surface area contributed by atoms with Crippen molar-refractivity contribution in [1.29, 1.82) is 0 Å². The summed E-state index contributed by atoms with van der Waals surface area (Å²) in [4.78, 5) is 10.6. The summed E-state index contributed by atoms with van der Waals surface area (Å²) in [7, 11) is 0. The molecule has 0 aliphatic heterocycles. The van der Waals surface area contributed by atoms with Crippen LogP contribution in [-0.4, -0.2) is 11.1 Å². The summed E-state index contributed by atoms with van der Waals surface area (Å²) in [6, 6.07) is 9.26. The minimum absolute atomic E-state index is 0.380. The summed E-state index contributed by atoms with van der Waals surface area (Å²) < 4.78 is 20.0. The second kappa shape index (κ2) is 6.87. The first-order valence-electron chi connectivity index (χ1n) is 5.79. The molecule has 3 nitrogen and oxygen atoms in total. The highest BCUT2D eigenvalue weighted by atomic mass is 79.9. The lowest BCUT2D eigenvalue weighted by molar-refractivity contribution is -0.131. The summed E-state index contributed by atoms with van der Waals surface area (Å²) >= 11 is 6.55. The van der Waals surface area contributed by atoms with Crippen LogP contribution in [0.25, 0.3) is 6.08 Å². The molecule has 0 radical (unpaired) electrons. The molecular formula is C15H9Br2FO3. The third-order valence-corrected chi connectivity index (χ3v) is 3.61. The number of hydrogen-bond acceptors (Lipinski definition) is 2. The first-order valence-corrected chi connectivity index (χ1v) is 7.38. The first-order chi connectivity index (χ1) is 9.95. The fourth-order valence-corrected chi connectivity index (χ4v) is 2.34. The summed E-state index contributed by atoms with van der Waals surface area (Å²) in [5.74, 6) is -0.546. The SMILES string of the molecule is O=C(O)/C=C/c1ccc(Br)cc1Oc1ccc(F)cc1Br. The first kappa shape index (κ1) is 15.7. The average Bonchev–Trinajstić information content (AvgIpc) is 2.41. The van der Waals surface area contributed by atoms with E-state index in [2.05, 4.69) is 31.9 Å². The maximum atomic E-state index is 13.1. The van der Waals surface area contributed by atoms with Gasteiger partial charge >= 0.3 is 5.97 Å². The van der Waals surface area contributed by atoms with E-state index in [0.29, 0.717) is 21.5 Å². The van der Waals surface area contributed by atoms with E-state index >= 15 is 0 Å². The van der Waals surface area contributed by atoms with E-state index in [1.54, 1.807) is 18.2 Å². The molecule has 0 unspecified atom stereocenters. The highest BCUT2D eigenvalue weighted by Crippen LogP contribution is 2.34. The number of carboxylic acids is 1. The van der Waals surface area contributed by atoms with Crippen LogP contribution in [0.1, 0.15) is 5.56 Å². The smallest absolute Gasteiger partial charge is 0.328 e. The molecule has 0 bridgehead atoms. The van der Waals surface area contributed by atoms with E-state index in [4.69, 9.17) is 9.84 Å². The number of benzene rings is 2. The Kier molecular flexibility index (Phi) is 5.14. The Morgan fingerprint density at radius 3 is 2.57 bits per heavy atom. The van der Waals surface area contributed by atoms with Gasteiger partial charge in [-0.2, -0.15) is 0 Å². The lowest BCUT2D eigenvalue weighted by Gasteiger charge is -2.11. The lowest BCUT2D eigenvalue weighted by atomic mass is 10.2. The van der Waals surface area contributed by atoms with Crippen LogP contribution in [0.3, 0.4) is 0 Å². The Hall–Kier alpha value is -1.66. The lowest BCUT2D eigenvalue weighted by Crippen LogP contribution is -1.91. The van der Waals surface area contributed by atoms with Gasteiger partial charge in [0.25, 0.3) is 0 Å². The highest BCUT2D eigenvalue weighted by Gasteiger charge is 2.08. The average molecular weight is 416 g/mol. The van der Waals surface area contributed by atoms with Crippen molar-refractivity contribution in [3.63, 3.8) is 0 Å². The largest absolute Gasteiger partial charge is 0.478 e. The van der Waals surface area contributed by atoms with Crippen LogP contribution >= 0.6 is 31.9 Å². The molecule has 2 rings (SSSR count). The van der Waals surface area contributed by atoms with Gasteiger partial charge in [0.1, 0.15) is 17.3 Å². The fourth-order valence-electron chi connectivity index (χ4n) is 1.57. The molecule has 0 aliphatic carbocycles. The summed E-state index contributed by atoms with van der Waals surface area (Å²) in [5, 5.41) is 8.70. The highest BCUT2D eigenvalue weighted by molar-refractivity contribution is 9.10. The maximum Gasteiger partial charge on any atom is 0.328 e. The zero-order valence-electron chi connectivity index (χ0n) is 10.5. The molecule has 0 saturated carbocycles. The van der Waals surface area contributed by atoms with Gasteiger partial charge in [0.15, 0.2) is 0 Å². The summed E-state index contributed by atoms with van der Waals surface area (Å²) in [5.41, 5.74) is 0.594. The van der Waals surface area contributed by atoms with Crippen molar-refractivity contribution in [2.24, 2.45) is 0 Å². The van der Waals surface area contributed by atoms with Crippen molar-refractivity contribution >= 4 is 43.9 Å². The number of ether oxygens (including phenoxy) is 1. The molecule has 6 heteroatoms. The standard InChI is InChI=1S/C15H9Br2FO3/c16-10-3-1-9(2-6-15(19)20)14(7-10)21-13-5-4-11(18)8-12(13)17/h1-8H,(H,19,20)/b6-2+. The van der Waals surface area contributed by atoms with Crippen LogP contribution in [0.4, 0.5) is 4.39 Å². The monoisotopic (exact) mass is 414 g/mol. The van der Waals surface area contributed by atoms with E-state index in [1.807, 2.05) is 0 Å². The van der Waals surface area contributed by atoms with Gasteiger partial charge in [0.05, 0.1) is 4.47 Å². The Balaban J connectivity index is 2.38. The fraction of sp³-hybridized carbons (Fsp3) is 0. The molecule has 0 amide bonds. The van der Waals surface area contributed by atoms with Crippen LogP contribution in [0.15, 0.2) is 51.4 Å². The minimum Gasteiger partial charge on any atom is -0.478 e. The molecule has 0 spiro atoms. The predicted octanol–water partition coefficient (Wildman–Crippen LogP) is 5.24. The predicted molar refractivity (Wildman–Crippen MR) is 85.0 cm³/mol. The Morgan fingerprint density at radius 1 is 1.14 bits per heavy atom. The second-order valence-electron chi connectivity index (χ2n) is 4.03. The molecule has 108 valence electrons. The van der Waals surface area contributed by atoms with Gasteiger partial charge in [-0.25, -0.2) is 9.18 Å². The second-order valence-corrected chi connectivity index (χ2v) is 5.80. The summed E-state index contributed by atoms with van der Waals surface area (Å²) in [6.45, 7) is 0. The topological polar surface area (TPSA) is 46.5 Å². The van der Waals surface area contributed by atoms with Crippen molar-refractivity contribution in [3.8, 4) is 11.5 Å². The number of rotatable bonds is 4. The van der Waals surface area contributed by atoms with E-state index in [1.165, 1.54) is 24.3 Å². The quantitative estimate of drug-likeness (QED) is 0.694. The molecule has 21 heavy (non-hydrogen) atoms. The molecule has 2 aromatic carbocycles. The van der Waals surface area contributed by atoms with Crippen LogP contribution < -0.4 is 4.74 Å². The van der Waals surface area contributed by atoms with Crippen molar-refractivity contribution in [3.05, 3.63) is 62.8 Å². The van der Waals surface area contributed by atoms with Gasteiger partial charge in [-0.3, -0.25) is 0 Å². The van der Waals surface area contributed by atoms with Gasteiger partial charge < -0.3 is 9.84 Å². The zero-order valence-corrected chi connectivity index (χ0v) is 13.7. The number of carboxylic acid groups (broad SMARTS) is 1. The van der Waals surface area contributed by atoms with Gasteiger partial charge in [-0.15, -0.1) is 0 Å². The number of hydrogen-bond donors (Lipinski definition) is 1. The van der Waals surface area contributed by atoms with Gasteiger partial charge in [0.2, 0.25) is 0 Å². The van der Waals surface area contributed by atoms with Crippen LogP contribution in [0.2, 0.25) is 0 Å². The molecule has 0 aromatic heterocycles. The molecule has 0 fully saturated rings. The third kappa shape index (κ3) is 4.41. The normalized spacial score (nSPS) is 10.8. The Bertz CT molecular complexity index is 714. The van der Waals surface area contributed by atoms with Crippen molar-refractivity contribution in [2.75, 3.05) is 0 Å². The third-order valence-electron chi connectivity index (χ3n) is 2.49. The summed E-state index contributed by atoms with van der Waals surface area (Å²) in [6.07, 6.45) is 2.46. The van der Waals surface area contributed by atoms with Crippen LogP contribution in [0.5, 0.6) is 11.5 Å². The Labute approximate surface area is 137 Å². The molecule has 0 aliphatic rings.